The standard InChI is InChI=1S/C16H12F3N3O3/c17-16(18,19)11-3-1-4-12(7-11)21-9-15(24)22(10-14(21)23)20-8-13-5-2-6-25-13/h1-8H,9-10H2/b20-8-. The minimum absolute atomic E-state index is 0.0165. The van der Waals surface area contributed by atoms with Gasteiger partial charge in [0.25, 0.3) is 5.91 Å². The molecule has 1 aromatic carbocycles. The second-order valence-corrected chi connectivity index (χ2v) is 5.24. The molecule has 2 amide bonds. The number of piperazine rings is 1. The van der Waals surface area contributed by atoms with E-state index in [0.29, 0.717) is 5.76 Å². The Morgan fingerprint density at radius 3 is 2.56 bits per heavy atom. The average molecular weight is 351 g/mol. The molecule has 0 radical (unpaired) electrons. The van der Waals surface area contributed by atoms with Crippen molar-refractivity contribution in [2.75, 3.05) is 18.0 Å². The van der Waals surface area contributed by atoms with Gasteiger partial charge in [-0.2, -0.15) is 18.3 Å². The Balaban J connectivity index is 1.77. The highest BCUT2D eigenvalue weighted by molar-refractivity contribution is 6.04. The van der Waals surface area contributed by atoms with Gasteiger partial charge in [-0.15, -0.1) is 0 Å². The Hall–Kier alpha value is -3.10. The van der Waals surface area contributed by atoms with Crippen LogP contribution < -0.4 is 4.90 Å². The van der Waals surface area contributed by atoms with Crippen molar-refractivity contribution in [3.63, 3.8) is 0 Å². The summed E-state index contributed by atoms with van der Waals surface area (Å²) >= 11 is 0. The molecule has 3 rings (SSSR count). The molecule has 130 valence electrons. The molecule has 0 saturated carbocycles. The van der Waals surface area contributed by atoms with Crippen molar-refractivity contribution < 1.29 is 27.2 Å². The van der Waals surface area contributed by atoms with Gasteiger partial charge in [-0.05, 0) is 30.3 Å². The van der Waals surface area contributed by atoms with E-state index in [0.717, 1.165) is 22.0 Å². The number of alkyl halides is 3. The molecule has 1 saturated heterocycles. The number of hydrogen-bond acceptors (Lipinski definition) is 4. The third-order valence-electron chi connectivity index (χ3n) is 3.52. The smallest absolute Gasteiger partial charge is 0.416 e. The number of amides is 2. The average Bonchev–Trinajstić information content (AvgIpc) is 3.08. The molecule has 2 aromatic rings. The number of carbonyl (C=O) groups excluding carboxylic acids is 2. The van der Waals surface area contributed by atoms with Crippen LogP contribution in [0.1, 0.15) is 11.3 Å². The van der Waals surface area contributed by atoms with E-state index in [4.69, 9.17) is 4.42 Å². The highest BCUT2D eigenvalue weighted by atomic mass is 19.4. The van der Waals surface area contributed by atoms with Crippen molar-refractivity contribution in [3.05, 3.63) is 54.0 Å². The minimum Gasteiger partial charge on any atom is -0.463 e. The molecule has 0 atom stereocenters. The molecule has 1 aliphatic heterocycles. The summed E-state index contributed by atoms with van der Waals surface area (Å²) in [7, 11) is 0. The van der Waals surface area contributed by atoms with E-state index >= 15 is 0 Å². The first-order valence-electron chi connectivity index (χ1n) is 7.20. The van der Waals surface area contributed by atoms with Crippen LogP contribution in [0.4, 0.5) is 18.9 Å². The first-order chi connectivity index (χ1) is 11.8. The van der Waals surface area contributed by atoms with Crippen LogP contribution in [0.5, 0.6) is 0 Å². The molecule has 0 unspecified atom stereocenters. The minimum atomic E-state index is -4.53. The maximum absolute atomic E-state index is 12.8. The number of carbonyl (C=O) groups is 2. The molecule has 9 heteroatoms. The quantitative estimate of drug-likeness (QED) is 0.798. The van der Waals surface area contributed by atoms with E-state index in [1.54, 1.807) is 12.1 Å². The Kier molecular flexibility index (Phi) is 4.30. The summed E-state index contributed by atoms with van der Waals surface area (Å²) in [6.45, 7) is -0.762. The molecule has 0 spiro atoms. The van der Waals surface area contributed by atoms with E-state index in [1.165, 1.54) is 24.6 Å². The monoisotopic (exact) mass is 351 g/mol. The van der Waals surface area contributed by atoms with Crippen molar-refractivity contribution in [3.8, 4) is 0 Å². The van der Waals surface area contributed by atoms with Gasteiger partial charge in [-0.3, -0.25) is 9.59 Å². The Morgan fingerprint density at radius 2 is 1.88 bits per heavy atom. The van der Waals surface area contributed by atoms with Gasteiger partial charge in [0, 0.05) is 5.69 Å². The fourth-order valence-electron chi connectivity index (χ4n) is 2.29. The second-order valence-electron chi connectivity index (χ2n) is 5.24. The van der Waals surface area contributed by atoms with E-state index in [1.807, 2.05) is 0 Å². The lowest BCUT2D eigenvalue weighted by molar-refractivity contribution is -0.138. The number of anilines is 1. The lowest BCUT2D eigenvalue weighted by Gasteiger charge is -2.31. The van der Waals surface area contributed by atoms with E-state index in [-0.39, 0.29) is 12.2 Å². The number of furan rings is 1. The zero-order chi connectivity index (χ0) is 18.0. The van der Waals surface area contributed by atoms with Crippen LogP contribution in [-0.2, 0) is 15.8 Å². The fourth-order valence-corrected chi connectivity index (χ4v) is 2.29. The van der Waals surface area contributed by atoms with Gasteiger partial charge >= 0.3 is 6.18 Å². The maximum Gasteiger partial charge on any atom is 0.416 e. The lowest BCUT2D eigenvalue weighted by Crippen LogP contribution is -2.52. The SMILES string of the molecule is O=C1CN(c2cccc(C(F)(F)F)c2)C(=O)CN1/N=C\c1ccco1. The van der Waals surface area contributed by atoms with Crippen molar-refractivity contribution in [1.29, 1.82) is 0 Å². The number of benzene rings is 1. The van der Waals surface area contributed by atoms with Gasteiger partial charge in [0.15, 0.2) is 0 Å². The highest BCUT2D eigenvalue weighted by Crippen LogP contribution is 2.32. The van der Waals surface area contributed by atoms with Gasteiger partial charge in [0.05, 0.1) is 18.0 Å². The van der Waals surface area contributed by atoms with Gasteiger partial charge in [-0.25, -0.2) is 5.01 Å². The number of halogens is 3. The molecular formula is C16H12F3N3O3. The first-order valence-corrected chi connectivity index (χ1v) is 7.20. The Labute approximate surface area is 140 Å². The summed E-state index contributed by atoms with van der Waals surface area (Å²) in [5.74, 6) is -0.643. The first kappa shape index (κ1) is 16.7. The maximum atomic E-state index is 12.8. The largest absolute Gasteiger partial charge is 0.463 e. The molecule has 0 aliphatic carbocycles. The number of hydrogen-bond donors (Lipinski definition) is 0. The van der Waals surface area contributed by atoms with E-state index < -0.39 is 30.1 Å². The normalized spacial score (nSPS) is 16.1. The summed E-state index contributed by atoms with van der Waals surface area (Å²) in [6, 6.07) is 7.54. The third-order valence-corrected chi connectivity index (χ3v) is 3.52. The van der Waals surface area contributed by atoms with Gasteiger partial charge in [-0.1, -0.05) is 6.07 Å². The summed E-state index contributed by atoms with van der Waals surface area (Å²) < 4.78 is 43.4. The van der Waals surface area contributed by atoms with Crippen LogP contribution in [0.3, 0.4) is 0 Å². The topological polar surface area (TPSA) is 66.1 Å². The summed E-state index contributed by atoms with van der Waals surface area (Å²) in [6.07, 6.45) is -1.82. The second kappa shape index (κ2) is 6.42. The predicted octanol–water partition coefficient (Wildman–Crippen LogP) is 2.51. The van der Waals surface area contributed by atoms with Crippen LogP contribution >= 0.6 is 0 Å². The number of nitrogens with zero attached hydrogens (tertiary/aromatic N) is 3. The Bertz CT molecular complexity index is 816. The van der Waals surface area contributed by atoms with Gasteiger partial charge in [0.1, 0.15) is 18.8 Å². The Morgan fingerprint density at radius 1 is 1.08 bits per heavy atom. The lowest BCUT2D eigenvalue weighted by atomic mass is 10.1. The van der Waals surface area contributed by atoms with Gasteiger partial charge < -0.3 is 9.32 Å². The summed E-state index contributed by atoms with van der Waals surface area (Å²) in [5.41, 5.74) is -0.869. The molecular weight excluding hydrogens is 339 g/mol. The van der Waals surface area contributed by atoms with Gasteiger partial charge in [0.2, 0.25) is 5.91 Å². The zero-order valence-corrected chi connectivity index (χ0v) is 12.7. The number of hydrazone groups is 1. The van der Waals surface area contributed by atoms with Crippen molar-refractivity contribution in [1.82, 2.24) is 5.01 Å². The third kappa shape index (κ3) is 3.70. The molecule has 1 aromatic heterocycles. The highest BCUT2D eigenvalue weighted by Gasteiger charge is 2.34. The molecule has 25 heavy (non-hydrogen) atoms. The zero-order valence-electron chi connectivity index (χ0n) is 12.7. The molecule has 0 bridgehead atoms. The molecule has 0 N–H and O–H groups in total. The van der Waals surface area contributed by atoms with Crippen LogP contribution in [0.2, 0.25) is 0 Å². The van der Waals surface area contributed by atoms with Crippen molar-refractivity contribution in [2.45, 2.75) is 6.18 Å². The summed E-state index contributed by atoms with van der Waals surface area (Å²) in [4.78, 5) is 25.4. The molecule has 1 aliphatic rings. The molecule has 6 nitrogen and oxygen atoms in total. The van der Waals surface area contributed by atoms with E-state index in [2.05, 4.69) is 5.10 Å². The van der Waals surface area contributed by atoms with E-state index in [9.17, 15) is 22.8 Å². The predicted molar refractivity (Wildman–Crippen MR) is 81.8 cm³/mol. The number of rotatable bonds is 3. The molecule has 1 fully saturated rings. The fraction of sp³-hybridized carbons (Fsp3) is 0.188. The van der Waals surface area contributed by atoms with Crippen LogP contribution in [-0.4, -0.2) is 36.1 Å². The van der Waals surface area contributed by atoms with Crippen LogP contribution in [0, 0.1) is 0 Å². The van der Waals surface area contributed by atoms with Crippen molar-refractivity contribution >= 4 is 23.7 Å². The summed E-state index contributed by atoms with van der Waals surface area (Å²) in [5, 5.41) is 4.83. The van der Waals surface area contributed by atoms with Crippen molar-refractivity contribution in [2.24, 2.45) is 5.10 Å². The molecule has 2 heterocycles. The van der Waals surface area contributed by atoms with Crippen LogP contribution in [0.25, 0.3) is 0 Å². The van der Waals surface area contributed by atoms with Crippen LogP contribution in [0.15, 0.2) is 52.2 Å².